The molecule has 0 saturated carbocycles. The molecule has 0 spiro atoms. The summed E-state index contributed by atoms with van der Waals surface area (Å²) < 4.78 is 4.36. The largest absolute Gasteiger partial charge is 0.508 e. The van der Waals surface area contributed by atoms with E-state index < -0.39 is 0 Å². The lowest BCUT2D eigenvalue weighted by atomic mass is 9.85. The number of nitrogens with zero attached hydrogens (tertiary/aromatic N) is 4. The zero-order chi connectivity index (χ0) is 32.4. The number of para-hydroxylation sites is 4. The zero-order valence-electron chi connectivity index (χ0n) is 25.6. The van der Waals surface area contributed by atoms with Crippen molar-refractivity contribution in [2.75, 3.05) is 0 Å². The molecule has 4 aromatic heterocycles. The number of aromatic hydroxyl groups is 3. The summed E-state index contributed by atoms with van der Waals surface area (Å²) in [4.78, 5) is 8.95. The molecule has 4 heterocycles. The normalized spacial score (nSPS) is 11.8. The minimum absolute atomic E-state index is 0.137. The second-order valence-electron chi connectivity index (χ2n) is 12.0. The molecule has 0 aliphatic carbocycles. The average Bonchev–Trinajstić information content (AvgIpc) is 3.69. The van der Waals surface area contributed by atoms with Crippen molar-refractivity contribution in [3.8, 4) is 28.6 Å². The second-order valence-corrected chi connectivity index (χ2v) is 12.0. The Morgan fingerprint density at radius 1 is 0.458 bits per heavy atom. The zero-order valence-corrected chi connectivity index (χ0v) is 25.6. The van der Waals surface area contributed by atoms with Crippen molar-refractivity contribution in [2.45, 2.75) is 5.92 Å². The molecular formula is C41H28N4O3. The van der Waals surface area contributed by atoms with E-state index in [1.54, 1.807) is 36.7 Å². The van der Waals surface area contributed by atoms with E-state index in [4.69, 9.17) is 0 Å². The fraction of sp³-hybridized carbons (Fsp3) is 0.0244. The van der Waals surface area contributed by atoms with Crippen molar-refractivity contribution in [3.63, 3.8) is 0 Å². The molecule has 48 heavy (non-hydrogen) atoms. The molecule has 0 bridgehead atoms. The Kier molecular flexibility index (Phi) is 6.20. The summed E-state index contributed by atoms with van der Waals surface area (Å²) in [6, 6.07) is 39.0. The van der Waals surface area contributed by atoms with Crippen LogP contribution in [0.5, 0.6) is 17.2 Å². The Morgan fingerprint density at radius 2 is 0.917 bits per heavy atom. The number of hydrogen-bond acceptors (Lipinski definition) is 5. The summed E-state index contributed by atoms with van der Waals surface area (Å²) >= 11 is 0. The van der Waals surface area contributed by atoms with Gasteiger partial charge in [0.1, 0.15) is 28.3 Å². The van der Waals surface area contributed by atoms with Crippen LogP contribution in [0.3, 0.4) is 0 Å². The molecule has 0 saturated heterocycles. The highest BCUT2D eigenvalue weighted by Crippen LogP contribution is 2.43. The van der Waals surface area contributed by atoms with Crippen LogP contribution in [-0.4, -0.2) is 34.4 Å². The standard InChI is InChI=1S/C41H28N4O3/c46-26-17-15-25(16-18-26)39(31-23-44(33-11-3-1-7-27(31)33)35-19-21-42-40-29(35)9-5-13-37(40)47)32-24-45(34-12-4-2-8-28(32)34)36-20-22-43-41-30(36)10-6-14-38(41)48/h1-24,39,46-48H. The predicted molar refractivity (Wildman–Crippen MR) is 190 cm³/mol. The second kappa shape index (κ2) is 10.7. The summed E-state index contributed by atoms with van der Waals surface area (Å²) in [6.07, 6.45) is 7.83. The van der Waals surface area contributed by atoms with Crippen LogP contribution in [0.2, 0.25) is 0 Å². The number of hydrogen-bond donors (Lipinski definition) is 3. The molecule has 7 nitrogen and oxygen atoms in total. The van der Waals surface area contributed by atoms with Crippen molar-refractivity contribution >= 4 is 43.6 Å². The van der Waals surface area contributed by atoms with Gasteiger partial charge in [0, 0.05) is 52.3 Å². The van der Waals surface area contributed by atoms with Gasteiger partial charge in [-0.3, -0.25) is 9.97 Å². The number of benzene rings is 5. The van der Waals surface area contributed by atoms with Gasteiger partial charge in [0.25, 0.3) is 0 Å². The van der Waals surface area contributed by atoms with Crippen molar-refractivity contribution in [3.05, 3.63) is 163 Å². The fourth-order valence-corrected chi connectivity index (χ4v) is 7.18. The summed E-state index contributed by atoms with van der Waals surface area (Å²) in [5, 5.41) is 35.4. The minimum atomic E-state index is -0.231. The van der Waals surface area contributed by atoms with Crippen LogP contribution in [0.4, 0.5) is 0 Å². The van der Waals surface area contributed by atoms with Crippen LogP contribution in [-0.2, 0) is 0 Å². The molecule has 230 valence electrons. The molecule has 0 radical (unpaired) electrons. The van der Waals surface area contributed by atoms with Gasteiger partial charge in [-0.1, -0.05) is 72.8 Å². The summed E-state index contributed by atoms with van der Waals surface area (Å²) in [5.74, 6) is 0.245. The van der Waals surface area contributed by atoms with Crippen LogP contribution in [0, 0.1) is 0 Å². The van der Waals surface area contributed by atoms with Gasteiger partial charge in [0.2, 0.25) is 0 Å². The van der Waals surface area contributed by atoms with Crippen molar-refractivity contribution in [1.82, 2.24) is 19.1 Å². The van der Waals surface area contributed by atoms with Crippen LogP contribution >= 0.6 is 0 Å². The van der Waals surface area contributed by atoms with Crippen LogP contribution in [0.15, 0.2) is 146 Å². The number of phenols is 3. The maximum absolute atomic E-state index is 10.6. The van der Waals surface area contributed by atoms with Crippen LogP contribution in [0.25, 0.3) is 55.0 Å². The molecular weight excluding hydrogens is 596 g/mol. The quantitative estimate of drug-likeness (QED) is 0.178. The minimum Gasteiger partial charge on any atom is -0.508 e. The molecule has 7 heteroatoms. The first-order chi connectivity index (χ1) is 23.6. The Hall–Kier alpha value is -6.60. The van der Waals surface area contributed by atoms with Gasteiger partial charge in [-0.25, -0.2) is 0 Å². The topological polar surface area (TPSA) is 96.3 Å². The van der Waals surface area contributed by atoms with Gasteiger partial charge in [0.05, 0.1) is 22.4 Å². The highest BCUT2D eigenvalue weighted by atomic mass is 16.3. The highest BCUT2D eigenvalue weighted by molar-refractivity contribution is 5.97. The maximum Gasteiger partial charge on any atom is 0.141 e. The lowest BCUT2D eigenvalue weighted by Crippen LogP contribution is -2.03. The monoisotopic (exact) mass is 624 g/mol. The Bertz CT molecular complexity index is 2510. The number of aromatic nitrogens is 4. The van der Waals surface area contributed by atoms with Gasteiger partial charge in [0.15, 0.2) is 0 Å². The number of fused-ring (bicyclic) bond motifs is 4. The number of phenolic OH excluding ortho intramolecular Hbond substituents is 3. The molecule has 9 rings (SSSR count). The van der Waals surface area contributed by atoms with E-state index >= 15 is 0 Å². The van der Waals surface area contributed by atoms with Crippen LogP contribution < -0.4 is 0 Å². The lowest BCUT2D eigenvalue weighted by molar-refractivity contribution is 0.475. The Balaban J connectivity index is 1.35. The van der Waals surface area contributed by atoms with Gasteiger partial charge < -0.3 is 24.5 Å². The smallest absolute Gasteiger partial charge is 0.141 e. The van der Waals surface area contributed by atoms with E-state index in [1.807, 2.05) is 60.7 Å². The van der Waals surface area contributed by atoms with Crippen molar-refractivity contribution in [2.24, 2.45) is 0 Å². The van der Waals surface area contributed by atoms with Gasteiger partial charge in [-0.2, -0.15) is 0 Å². The van der Waals surface area contributed by atoms with E-state index in [1.165, 1.54) is 0 Å². The first-order valence-electron chi connectivity index (χ1n) is 15.7. The Labute approximate surface area is 274 Å². The first-order valence-corrected chi connectivity index (χ1v) is 15.7. The molecule has 5 aromatic carbocycles. The van der Waals surface area contributed by atoms with Gasteiger partial charge in [-0.15, -0.1) is 0 Å². The molecule has 0 aliphatic rings. The molecule has 0 amide bonds. The third kappa shape index (κ3) is 4.22. The predicted octanol–water partition coefficient (Wildman–Crippen LogP) is 8.97. The highest BCUT2D eigenvalue weighted by Gasteiger charge is 2.27. The van der Waals surface area contributed by atoms with E-state index in [0.717, 1.165) is 60.6 Å². The molecule has 0 fully saturated rings. The SMILES string of the molecule is Oc1ccc(C(c2cn(-c3ccnc4c(O)cccc34)c3ccccc23)c2cn(-c3ccnc4c(O)cccc34)c3ccccc23)cc1. The number of pyridine rings is 2. The fourth-order valence-electron chi connectivity index (χ4n) is 7.18. The molecule has 0 unspecified atom stereocenters. The van der Waals surface area contributed by atoms with E-state index in [0.29, 0.717) is 11.0 Å². The summed E-state index contributed by atoms with van der Waals surface area (Å²) in [6.45, 7) is 0. The van der Waals surface area contributed by atoms with E-state index in [9.17, 15) is 15.3 Å². The van der Waals surface area contributed by atoms with Crippen LogP contribution in [0.1, 0.15) is 22.6 Å². The van der Waals surface area contributed by atoms with Gasteiger partial charge >= 0.3 is 0 Å². The van der Waals surface area contributed by atoms with Crippen molar-refractivity contribution < 1.29 is 15.3 Å². The summed E-state index contributed by atoms with van der Waals surface area (Å²) in [7, 11) is 0. The Morgan fingerprint density at radius 3 is 1.42 bits per heavy atom. The molecule has 0 aliphatic heterocycles. The third-order valence-corrected chi connectivity index (χ3v) is 9.31. The van der Waals surface area contributed by atoms with Gasteiger partial charge in [-0.05, 0) is 65.2 Å². The lowest BCUT2D eigenvalue weighted by Gasteiger charge is -2.18. The summed E-state index contributed by atoms with van der Waals surface area (Å²) in [5.41, 5.74) is 8.14. The van der Waals surface area contributed by atoms with E-state index in [2.05, 4.69) is 67.9 Å². The maximum atomic E-state index is 10.6. The first kappa shape index (κ1) is 27.7. The molecule has 3 N–H and O–H groups in total. The average molecular weight is 625 g/mol. The molecule has 9 aromatic rings. The third-order valence-electron chi connectivity index (χ3n) is 9.31. The molecule has 0 atom stereocenters. The van der Waals surface area contributed by atoms with Crippen molar-refractivity contribution in [1.29, 1.82) is 0 Å². The van der Waals surface area contributed by atoms with E-state index in [-0.39, 0.29) is 23.2 Å². The number of rotatable bonds is 5.